The number of rotatable bonds is 2. The van der Waals surface area contributed by atoms with E-state index >= 15 is 0 Å². The lowest BCUT2D eigenvalue weighted by Gasteiger charge is -2.10. The number of amides is 1. The summed E-state index contributed by atoms with van der Waals surface area (Å²) in [7, 11) is 0. The topological polar surface area (TPSA) is 55.1 Å². The van der Waals surface area contributed by atoms with Crippen LogP contribution in [0, 0.1) is 3.57 Å². The molecule has 2 aromatic carbocycles. The first-order chi connectivity index (χ1) is 8.97. The normalized spacial score (nSPS) is 10.3. The highest BCUT2D eigenvalue weighted by molar-refractivity contribution is 14.1. The monoisotopic (exact) mass is 450 g/mol. The predicted octanol–water partition coefficient (Wildman–Crippen LogP) is 4.54. The van der Waals surface area contributed by atoms with Crippen LogP contribution < -0.4 is 11.1 Å². The lowest BCUT2D eigenvalue weighted by Crippen LogP contribution is -2.14. The van der Waals surface area contributed by atoms with Crippen LogP contribution in [0.4, 0.5) is 11.4 Å². The fourth-order valence-corrected chi connectivity index (χ4v) is 2.61. The first kappa shape index (κ1) is 14.6. The third kappa shape index (κ3) is 3.61. The molecule has 0 aliphatic heterocycles. The van der Waals surface area contributed by atoms with Gasteiger partial charge in [0.25, 0.3) is 5.91 Å². The van der Waals surface area contributed by atoms with Crippen LogP contribution in [-0.2, 0) is 0 Å². The second kappa shape index (κ2) is 6.11. The van der Waals surface area contributed by atoms with Gasteiger partial charge in [0.2, 0.25) is 0 Å². The fraction of sp³-hybridized carbons (Fsp3) is 0. The van der Waals surface area contributed by atoms with Gasteiger partial charge in [0.05, 0.1) is 16.9 Å². The van der Waals surface area contributed by atoms with E-state index in [4.69, 9.17) is 17.3 Å². The van der Waals surface area contributed by atoms with Crippen LogP contribution in [0.25, 0.3) is 0 Å². The molecule has 0 saturated carbocycles. The summed E-state index contributed by atoms with van der Waals surface area (Å²) in [6.45, 7) is 0. The molecule has 0 saturated heterocycles. The Balaban J connectivity index is 2.30. The zero-order valence-electron chi connectivity index (χ0n) is 9.58. The molecular weight excluding hydrogens is 442 g/mol. The summed E-state index contributed by atoms with van der Waals surface area (Å²) < 4.78 is 1.70. The molecular formula is C13H9BrClIN2O. The van der Waals surface area contributed by atoms with E-state index in [0.29, 0.717) is 22.0 Å². The van der Waals surface area contributed by atoms with Gasteiger partial charge in [-0.15, -0.1) is 0 Å². The van der Waals surface area contributed by atoms with Gasteiger partial charge >= 0.3 is 0 Å². The van der Waals surface area contributed by atoms with Gasteiger partial charge in [-0.05, 0) is 59.0 Å². The van der Waals surface area contributed by atoms with Crippen LogP contribution in [0.3, 0.4) is 0 Å². The first-order valence-corrected chi connectivity index (χ1v) is 7.54. The zero-order valence-corrected chi connectivity index (χ0v) is 14.1. The van der Waals surface area contributed by atoms with Crippen LogP contribution >= 0.6 is 50.1 Å². The summed E-state index contributed by atoms with van der Waals surface area (Å²) in [6.07, 6.45) is 0. The summed E-state index contributed by atoms with van der Waals surface area (Å²) >= 11 is 11.3. The van der Waals surface area contributed by atoms with E-state index in [1.54, 1.807) is 24.3 Å². The number of nitrogens with two attached hydrogens (primary N) is 1. The number of carbonyl (C=O) groups is 1. The Morgan fingerprint density at radius 2 is 2.00 bits per heavy atom. The second-order valence-corrected chi connectivity index (χ2v) is 6.32. The second-order valence-electron chi connectivity index (χ2n) is 3.81. The number of nitrogens with one attached hydrogen (secondary N) is 1. The molecule has 0 unspecified atom stereocenters. The molecule has 98 valence electrons. The van der Waals surface area contributed by atoms with E-state index < -0.39 is 0 Å². The Labute approximate surface area is 137 Å². The molecule has 2 rings (SSSR count). The van der Waals surface area contributed by atoms with Crippen molar-refractivity contribution in [3.63, 3.8) is 0 Å². The lowest BCUT2D eigenvalue weighted by molar-refractivity contribution is 0.102. The smallest absolute Gasteiger partial charge is 0.256 e. The van der Waals surface area contributed by atoms with Crippen LogP contribution in [0.1, 0.15) is 10.4 Å². The summed E-state index contributed by atoms with van der Waals surface area (Å²) in [5, 5.41) is 3.28. The molecule has 0 atom stereocenters. The Hall–Kier alpha value is -0.790. The Morgan fingerprint density at radius 3 is 2.74 bits per heavy atom. The molecule has 2 aromatic rings. The van der Waals surface area contributed by atoms with E-state index in [1.807, 2.05) is 12.1 Å². The molecule has 0 radical (unpaired) electrons. The standard InChI is InChI=1S/C13H9BrClIN2O/c14-7-1-3-10(16)9(5-7)13(19)18-12-6-8(15)2-4-11(12)17/h1-6H,17H2,(H,18,19). The highest BCUT2D eigenvalue weighted by atomic mass is 127. The minimum atomic E-state index is -0.223. The van der Waals surface area contributed by atoms with Gasteiger partial charge in [0.1, 0.15) is 0 Å². The molecule has 3 nitrogen and oxygen atoms in total. The van der Waals surface area contributed by atoms with Gasteiger partial charge in [0.15, 0.2) is 0 Å². The summed E-state index contributed by atoms with van der Waals surface area (Å²) in [5.74, 6) is -0.223. The van der Waals surface area contributed by atoms with Crippen molar-refractivity contribution in [2.75, 3.05) is 11.1 Å². The molecule has 0 aliphatic carbocycles. The summed E-state index contributed by atoms with van der Waals surface area (Å²) in [6, 6.07) is 10.5. The number of nitrogen functional groups attached to an aromatic ring is 1. The van der Waals surface area contributed by atoms with Crippen LogP contribution in [-0.4, -0.2) is 5.91 Å². The predicted molar refractivity (Wildman–Crippen MR) is 90.7 cm³/mol. The van der Waals surface area contributed by atoms with E-state index in [-0.39, 0.29) is 5.91 Å². The highest BCUT2D eigenvalue weighted by Crippen LogP contribution is 2.25. The molecule has 0 fully saturated rings. The number of benzene rings is 2. The molecule has 0 heterocycles. The number of halogens is 3. The van der Waals surface area contributed by atoms with Crippen molar-refractivity contribution in [2.24, 2.45) is 0 Å². The molecule has 19 heavy (non-hydrogen) atoms. The van der Waals surface area contributed by atoms with Gasteiger partial charge in [0, 0.05) is 13.1 Å². The average molecular weight is 451 g/mol. The molecule has 0 bridgehead atoms. The number of hydrogen-bond acceptors (Lipinski definition) is 2. The van der Waals surface area contributed by atoms with Crippen LogP contribution in [0.2, 0.25) is 5.02 Å². The zero-order chi connectivity index (χ0) is 14.0. The van der Waals surface area contributed by atoms with Crippen molar-refractivity contribution in [3.05, 3.63) is 55.0 Å². The van der Waals surface area contributed by atoms with E-state index in [2.05, 4.69) is 43.8 Å². The third-order valence-corrected chi connectivity index (χ3v) is 4.11. The summed E-state index contributed by atoms with van der Waals surface area (Å²) in [5.41, 5.74) is 7.36. The van der Waals surface area contributed by atoms with Gasteiger partial charge in [-0.25, -0.2) is 0 Å². The quantitative estimate of drug-likeness (QED) is 0.520. The minimum Gasteiger partial charge on any atom is -0.397 e. The highest BCUT2D eigenvalue weighted by Gasteiger charge is 2.12. The SMILES string of the molecule is Nc1ccc(Cl)cc1NC(=O)c1cc(Br)ccc1I. The van der Waals surface area contributed by atoms with Crippen molar-refractivity contribution in [3.8, 4) is 0 Å². The number of hydrogen-bond donors (Lipinski definition) is 2. The molecule has 3 N–H and O–H groups in total. The largest absolute Gasteiger partial charge is 0.397 e. The maximum Gasteiger partial charge on any atom is 0.256 e. The van der Waals surface area contributed by atoms with Crippen molar-refractivity contribution in [1.29, 1.82) is 0 Å². The van der Waals surface area contributed by atoms with E-state index in [9.17, 15) is 4.79 Å². The number of carbonyl (C=O) groups excluding carboxylic acids is 1. The van der Waals surface area contributed by atoms with Gasteiger partial charge < -0.3 is 11.1 Å². The third-order valence-electron chi connectivity index (χ3n) is 2.44. The average Bonchev–Trinajstić information content (AvgIpc) is 2.36. The number of anilines is 2. The summed E-state index contributed by atoms with van der Waals surface area (Å²) in [4.78, 5) is 12.2. The van der Waals surface area contributed by atoms with E-state index in [1.165, 1.54) is 0 Å². The van der Waals surface area contributed by atoms with Crippen molar-refractivity contribution in [2.45, 2.75) is 0 Å². The molecule has 6 heteroatoms. The van der Waals surface area contributed by atoms with Crippen LogP contribution in [0.5, 0.6) is 0 Å². The maximum absolute atomic E-state index is 12.2. The van der Waals surface area contributed by atoms with Gasteiger partial charge in [-0.1, -0.05) is 27.5 Å². The van der Waals surface area contributed by atoms with E-state index in [0.717, 1.165) is 8.04 Å². The molecule has 1 amide bonds. The Kier molecular flexibility index (Phi) is 4.70. The van der Waals surface area contributed by atoms with Gasteiger partial charge in [-0.2, -0.15) is 0 Å². The first-order valence-electron chi connectivity index (χ1n) is 5.29. The maximum atomic E-state index is 12.2. The lowest BCUT2D eigenvalue weighted by atomic mass is 10.2. The fourth-order valence-electron chi connectivity index (χ4n) is 1.50. The van der Waals surface area contributed by atoms with Gasteiger partial charge in [-0.3, -0.25) is 4.79 Å². The molecule has 0 aromatic heterocycles. The van der Waals surface area contributed by atoms with Crippen molar-refractivity contribution >= 4 is 67.4 Å². The Bertz CT molecular complexity index is 649. The van der Waals surface area contributed by atoms with Crippen molar-refractivity contribution in [1.82, 2.24) is 0 Å². The minimum absolute atomic E-state index is 0.223. The van der Waals surface area contributed by atoms with Crippen molar-refractivity contribution < 1.29 is 4.79 Å². The Morgan fingerprint density at radius 1 is 1.26 bits per heavy atom. The molecule has 0 spiro atoms. The molecule has 0 aliphatic rings. The van der Waals surface area contributed by atoms with Crippen LogP contribution in [0.15, 0.2) is 40.9 Å².